The van der Waals surface area contributed by atoms with Crippen molar-refractivity contribution >= 4 is 18.3 Å². The standard InChI is InChI=1S/C18H28N2O.ClH/c1-4-15(16-7-5-14(2)6-8-16)11-17(21)20-10-9-18(3,12-19)13-20;/h5-8,15H,4,9-13,19H2,1-3H3;1H. The largest absolute Gasteiger partial charge is 0.342 e. The molecule has 1 heterocycles. The molecule has 0 aliphatic carbocycles. The minimum Gasteiger partial charge on any atom is -0.342 e. The summed E-state index contributed by atoms with van der Waals surface area (Å²) in [6.07, 6.45) is 2.63. The van der Waals surface area contributed by atoms with Crippen molar-refractivity contribution in [2.75, 3.05) is 19.6 Å². The van der Waals surface area contributed by atoms with Gasteiger partial charge in [-0.2, -0.15) is 0 Å². The Morgan fingerprint density at radius 2 is 2.00 bits per heavy atom. The van der Waals surface area contributed by atoms with E-state index in [9.17, 15) is 4.79 Å². The third kappa shape index (κ3) is 4.47. The van der Waals surface area contributed by atoms with Gasteiger partial charge in [0, 0.05) is 19.5 Å². The maximum absolute atomic E-state index is 12.5. The highest BCUT2D eigenvalue weighted by atomic mass is 35.5. The molecule has 124 valence electrons. The summed E-state index contributed by atoms with van der Waals surface area (Å²) in [5, 5.41) is 0. The molecule has 1 saturated heterocycles. The van der Waals surface area contributed by atoms with Crippen LogP contribution in [0.2, 0.25) is 0 Å². The van der Waals surface area contributed by atoms with Crippen molar-refractivity contribution in [3.63, 3.8) is 0 Å². The number of rotatable bonds is 5. The molecule has 1 amide bonds. The summed E-state index contributed by atoms with van der Waals surface area (Å²) in [6.45, 7) is 8.76. The van der Waals surface area contributed by atoms with Crippen molar-refractivity contribution in [2.24, 2.45) is 11.1 Å². The van der Waals surface area contributed by atoms with Crippen LogP contribution in [0.25, 0.3) is 0 Å². The van der Waals surface area contributed by atoms with Gasteiger partial charge in [-0.1, -0.05) is 43.7 Å². The van der Waals surface area contributed by atoms with Gasteiger partial charge < -0.3 is 10.6 Å². The van der Waals surface area contributed by atoms with E-state index < -0.39 is 0 Å². The van der Waals surface area contributed by atoms with Gasteiger partial charge in [-0.15, -0.1) is 12.4 Å². The number of hydrogen-bond acceptors (Lipinski definition) is 2. The fourth-order valence-electron chi connectivity index (χ4n) is 3.08. The highest BCUT2D eigenvalue weighted by Crippen LogP contribution is 2.31. The van der Waals surface area contributed by atoms with Crippen LogP contribution in [0.3, 0.4) is 0 Å². The Balaban J connectivity index is 0.00000242. The molecule has 0 bridgehead atoms. The lowest BCUT2D eigenvalue weighted by molar-refractivity contribution is -0.130. The Kier molecular flexibility index (Phi) is 6.89. The van der Waals surface area contributed by atoms with Crippen LogP contribution >= 0.6 is 12.4 Å². The molecular formula is C18H29ClN2O. The predicted octanol–water partition coefficient (Wildman–Crippen LogP) is 3.50. The van der Waals surface area contributed by atoms with Crippen LogP contribution < -0.4 is 5.73 Å². The first-order chi connectivity index (χ1) is 9.97. The van der Waals surface area contributed by atoms with E-state index in [4.69, 9.17) is 5.73 Å². The molecule has 1 aromatic carbocycles. The molecule has 3 nitrogen and oxygen atoms in total. The number of benzene rings is 1. The van der Waals surface area contributed by atoms with E-state index in [1.165, 1.54) is 11.1 Å². The lowest BCUT2D eigenvalue weighted by atomic mass is 9.90. The molecule has 1 aliphatic rings. The van der Waals surface area contributed by atoms with E-state index in [2.05, 4.69) is 45.0 Å². The molecule has 0 saturated carbocycles. The summed E-state index contributed by atoms with van der Waals surface area (Å²) < 4.78 is 0. The van der Waals surface area contributed by atoms with Gasteiger partial charge in [-0.25, -0.2) is 0 Å². The Bertz CT molecular complexity index is 488. The topological polar surface area (TPSA) is 46.3 Å². The first-order valence-electron chi connectivity index (χ1n) is 8.02. The van der Waals surface area contributed by atoms with Gasteiger partial charge in [-0.05, 0) is 43.2 Å². The molecule has 2 rings (SSSR count). The fourth-order valence-corrected chi connectivity index (χ4v) is 3.08. The highest BCUT2D eigenvalue weighted by Gasteiger charge is 2.35. The monoisotopic (exact) mass is 324 g/mol. The number of carbonyl (C=O) groups excluding carboxylic acids is 1. The zero-order valence-corrected chi connectivity index (χ0v) is 14.8. The SMILES string of the molecule is CCC(CC(=O)N1CCC(C)(CN)C1)c1ccc(C)cc1.Cl. The molecule has 1 aliphatic heterocycles. The second-order valence-electron chi connectivity index (χ2n) is 6.80. The third-order valence-electron chi connectivity index (χ3n) is 4.87. The number of nitrogens with two attached hydrogens (primary N) is 1. The Labute approximate surface area is 140 Å². The minimum absolute atomic E-state index is 0. The first-order valence-corrected chi connectivity index (χ1v) is 8.02. The second-order valence-corrected chi connectivity index (χ2v) is 6.80. The average Bonchev–Trinajstić information content (AvgIpc) is 2.89. The van der Waals surface area contributed by atoms with Crippen LogP contribution in [0.4, 0.5) is 0 Å². The van der Waals surface area contributed by atoms with E-state index in [1.54, 1.807) is 0 Å². The average molecular weight is 325 g/mol. The molecule has 4 heteroatoms. The number of halogens is 1. The number of nitrogens with zero attached hydrogens (tertiary/aromatic N) is 1. The van der Waals surface area contributed by atoms with Crippen molar-refractivity contribution in [3.8, 4) is 0 Å². The summed E-state index contributed by atoms with van der Waals surface area (Å²) in [7, 11) is 0. The van der Waals surface area contributed by atoms with Crippen molar-refractivity contribution < 1.29 is 4.79 Å². The van der Waals surface area contributed by atoms with E-state index in [0.717, 1.165) is 25.9 Å². The predicted molar refractivity (Wildman–Crippen MR) is 94.4 cm³/mol. The molecule has 1 fully saturated rings. The summed E-state index contributed by atoms with van der Waals surface area (Å²) in [4.78, 5) is 14.5. The summed E-state index contributed by atoms with van der Waals surface area (Å²) in [5.41, 5.74) is 8.47. The number of hydrogen-bond donors (Lipinski definition) is 1. The number of likely N-dealkylation sites (tertiary alicyclic amines) is 1. The van der Waals surface area contributed by atoms with Gasteiger partial charge in [0.15, 0.2) is 0 Å². The van der Waals surface area contributed by atoms with Gasteiger partial charge in [0.2, 0.25) is 5.91 Å². The van der Waals surface area contributed by atoms with Crippen molar-refractivity contribution in [3.05, 3.63) is 35.4 Å². The maximum Gasteiger partial charge on any atom is 0.223 e. The molecule has 0 spiro atoms. The Morgan fingerprint density at radius 1 is 1.36 bits per heavy atom. The van der Waals surface area contributed by atoms with E-state index in [1.807, 2.05) is 4.90 Å². The zero-order valence-electron chi connectivity index (χ0n) is 14.0. The first kappa shape index (κ1) is 19.0. The van der Waals surface area contributed by atoms with Crippen molar-refractivity contribution in [1.82, 2.24) is 4.90 Å². The molecule has 1 aromatic rings. The van der Waals surface area contributed by atoms with Gasteiger partial charge >= 0.3 is 0 Å². The van der Waals surface area contributed by atoms with Crippen molar-refractivity contribution in [1.29, 1.82) is 0 Å². The summed E-state index contributed by atoms with van der Waals surface area (Å²) in [6, 6.07) is 8.57. The molecular weight excluding hydrogens is 296 g/mol. The van der Waals surface area contributed by atoms with Gasteiger partial charge in [0.1, 0.15) is 0 Å². The second kappa shape index (κ2) is 7.98. The number of amides is 1. The molecule has 2 N–H and O–H groups in total. The molecule has 2 unspecified atom stereocenters. The van der Waals surface area contributed by atoms with Crippen LogP contribution in [0.15, 0.2) is 24.3 Å². The quantitative estimate of drug-likeness (QED) is 0.901. The molecule has 22 heavy (non-hydrogen) atoms. The van der Waals surface area contributed by atoms with Crippen LogP contribution in [0, 0.1) is 12.3 Å². The normalized spacial score (nSPS) is 22.3. The van der Waals surface area contributed by atoms with Gasteiger partial charge in [0.05, 0.1) is 0 Å². The molecule has 0 aromatic heterocycles. The molecule has 2 atom stereocenters. The third-order valence-corrected chi connectivity index (χ3v) is 4.87. The van der Waals surface area contributed by atoms with Crippen LogP contribution in [0.5, 0.6) is 0 Å². The van der Waals surface area contributed by atoms with Crippen LogP contribution in [-0.2, 0) is 4.79 Å². The Morgan fingerprint density at radius 3 is 2.50 bits per heavy atom. The lowest BCUT2D eigenvalue weighted by Gasteiger charge is -2.24. The highest BCUT2D eigenvalue weighted by molar-refractivity contribution is 5.85. The van der Waals surface area contributed by atoms with E-state index in [0.29, 0.717) is 18.9 Å². The van der Waals surface area contributed by atoms with E-state index in [-0.39, 0.29) is 23.7 Å². The fraction of sp³-hybridized carbons (Fsp3) is 0.611. The minimum atomic E-state index is 0. The molecule has 0 radical (unpaired) electrons. The van der Waals surface area contributed by atoms with E-state index >= 15 is 0 Å². The number of aryl methyl sites for hydroxylation is 1. The van der Waals surface area contributed by atoms with Gasteiger partial charge in [0.25, 0.3) is 0 Å². The van der Waals surface area contributed by atoms with Crippen LogP contribution in [-0.4, -0.2) is 30.4 Å². The van der Waals surface area contributed by atoms with Gasteiger partial charge in [-0.3, -0.25) is 4.79 Å². The van der Waals surface area contributed by atoms with Crippen molar-refractivity contribution in [2.45, 2.75) is 46.0 Å². The number of carbonyl (C=O) groups is 1. The smallest absolute Gasteiger partial charge is 0.223 e. The lowest BCUT2D eigenvalue weighted by Crippen LogP contribution is -2.35. The summed E-state index contributed by atoms with van der Waals surface area (Å²) in [5.74, 6) is 0.599. The maximum atomic E-state index is 12.5. The zero-order chi connectivity index (χ0) is 15.5. The Hall–Kier alpha value is -1.06. The van der Waals surface area contributed by atoms with Crippen LogP contribution in [0.1, 0.15) is 50.2 Å². The summed E-state index contributed by atoms with van der Waals surface area (Å²) >= 11 is 0.